The lowest BCUT2D eigenvalue weighted by Crippen LogP contribution is -2.10. The summed E-state index contributed by atoms with van der Waals surface area (Å²) in [4.78, 5) is 10.2. The van der Waals surface area contributed by atoms with Crippen LogP contribution in [0.3, 0.4) is 0 Å². The van der Waals surface area contributed by atoms with Gasteiger partial charge in [-0.25, -0.2) is 9.97 Å². The summed E-state index contributed by atoms with van der Waals surface area (Å²) in [5, 5.41) is 4.28. The van der Waals surface area contributed by atoms with Crippen molar-refractivity contribution in [3.05, 3.63) is 41.7 Å². The van der Waals surface area contributed by atoms with Crippen LogP contribution in [0.1, 0.15) is 11.8 Å². The minimum Gasteiger partial charge on any atom is -0.312 e. The molecule has 0 saturated heterocycles. The second kappa shape index (κ2) is 4.88. The van der Waals surface area contributed by atoms with E-state index in [-0.39, 0.29) is 0 Å². The van der Waals surface area contributed by atoms with E-state index in [4.69, 9.17) is 0 Å². The van der Waals surface area contributed by atoms with E-state index in [1.165, 1.54) is 4.88 Å². The highest BCUT2D eigenvalue weighted by Gasteiger charge is 2.08. The molecule has 3 heterocycles. The van der Waals surface area contributed by atoms with Gasteiger partial charge in [-0.15, -0.1) is 11.3 Å². The molecule has 0 amide bonds. The normalized spacial score (nSPS) is 11.2. The standard InChI is InChI=1S/C13H14N4S/c1-2-14-7-10-8-15-13(18-10)11-9-17-6-4-3-5-12(17)16-11/h3-6,8-9,14H,2,7H2,1H3. The van der Waals surface area contributed by atoms with E-state index in [2.05, 4.69) is 22.2 Å². The lowest BCUT2D eigenvalue weighted by atomic mass is 10.5. The fraction of sp³-hybridized carbons (Fsp3) is 0.231. The highest BCUT2D eigenvalue weighted by atomic mass is 32.1. The summed E-state index contributed by atoms with van der Waals surface area (Å²) in [7, 11) is 0. The molecule has 3 aromatic heterocycles. The molecule has 0 aliphatic heterocycles. The van der Waals surface area contributed by atoms with Crippen LogP contribution >= 0.6 is 11.3 Å². The highest BCUT2D eigenvalue weighted by Crippen LogP contribution is 2.24. The van der Waals surface area contributed by atoms with Crippen LogP contribution in [0.4, 0.5) is 0 Å². The van der Waals surface area contributed by atoms with Crippen molar-refractivity contribution >= 4 is 17.0 Å². The third-order valence-corrected chi connectivity index (χ3v) is 3.71. The van der Waals surface area contributed by atoms with Crippen molar-refractivity contribution < 1.29 is 0 Å². The topological polar surface area (TPSA) is 42.2 Å². The van der Waals surface area contributed by atoms with Crippen molar-refractivity contribution in [2.24, 2.45) is 0 Å². The number of pyridine rings is 1. The van der Waals surface area contributed by atoms with Gasteiger partial charge in [0.1, 0.15) is 16.3 Å². The average molecular weight is 258 g/mol. The van der Waals surface area contributed by atoms with Crippen LogP contribution < -0.4 is 5.32 Å². The number of imidazole rings is 1. The minimum atomic E-state index is 0.877. The second-order valence-electron chi connectivity index (χ2n) is 4.00. The lowest BCUT2D eigenvalue weighted by Gasteiger charge is -1.94. The van der Waals surface area contributed by atoms with E-state index in [0.717, 1.165) is 29.4 Å². The molecule has 0 saturated carbocycles. The number of nitrogens with zero attached hydrogens (tertiary/aromatic N) is 3. The molecular weight excluding hydrogens is 244 g/mol. The molecule has 0 atom stereocenters. The smallest absolute Gasteiger partial charge is 0.143 e. The molecule has 0 aromatic carbocycles. The van der Waals surface area contributed by atoms with Gasteiger partial charge in [-0.1, -0.05) is 13.0 Å². The van der Waals surface area contributed by atoms with Crippen molar-refractivity contribution in [3.8, 4) is 10.7 Å². The number of aromatic nitrogens is 3. The summed E-state index contributed by atoms with van der Waals surface area (Å²) in [6.07, 6.45) is 5.94. The summed E-state index contributed by atoms with van der Waals surface area (Å²) in [5.74, 6) is 0. The molecule has 0 unspecified atom stereocenters. The molecule has 3 rings (SSSR count). The number of hydrogen-bond acceptors (Lipinski definition) is 4. The maximum Gasteiger partial charge on any atom is 0.143 e. The number of rotatable bonds is 4. The molecule has 5 heteroatoms. The van der Waals surface area contributed by atoms with Crippen molar-refractivity contribution in [1.82, 2.24) is 19.7 Å². The van der Waals surface area contributed by atoms with Crippen LogP contribution in [0.25, 0.3) is 16.3 Å². The Kier molecular flexibility index (Phi) is 3.08. The van der Waals surface area contributed by atoms with Gasteiger partial charge in [0.25, 0.3) is 0 Å². The zero-order valence-corrected chi connectivity index (χ0v) is 10.9. The first kappa shape index (κ1) is 11.4. The Morgan fingerprint density at radius 1 is 1.39 bits per heavy atom. The summed E-state index contributed by atoms with van der Waals surface area (Å²) >= 11 is 1.69. The number of hydrogen-bond donors (Lipinski definition) is 1. The van der Waals surface area contributed by atoms with E-state index >= 15 is 0 Å². The number of fused-ring (bicyclic) bond motifs is 1. The van der Waals surface area contributed by atoms with Gasteiger partial charge in [-0.05, 0) is 18.7 Å². The van der Waals surface area contributed by atoms with Crippen molar-refractivity contribution in [1.29, 1.82) is 0 Å². The maximum atomic E-state index is 4.57. The van der Waals surface area contributed by atoms with Gasteiger partial charge in [-0.3, -0.25) is 0 Å². The zero-order valence-electron chi connectivity index (χ0n) is 10.1. The molecule has 1 N–H and O–H groups in total. The first-order valence-electron chi connectivity index (χ1n) is 5.96. The predicted octanol–water partition coefficient (Wildman–Crippen LogP) is 2.57. The molecule has 0 spiro atoms. The van der Waals surface area contributed by atoms with E-state index < -0.39 is 0 Å². The minimum absolute atomic E-state index is 0.877. The highest BCUT2D eigenvalue weighted by molar-refractivity contribution is 7.14. The van der Waals surface area contributed by atoms with Gasteiger partial charge in [0, 0.05) is 30.0 Å². The monoisotopic (exact) mass is 258 g/mol. The molecule has 0 aliphatic carbocycles. The van der Waals surface area contributed by atoms with Crippen LogP contribution in [0.2, 0.25) is 0 Å². The molecule has 92 valence electrons. The first-order valence-corrected chi connectivity index (χ1v) is 6.78. The van der Waals surface area contributed by atoms with Gasteiger partial charge in [0.15, 0.2) is 0 Å². The van der Waals surface area contributed by atoms with Gasteiger partial charge in [0.05, 0.1) is 0 Å². The summed E-state index contributed by atoms with van der Waals surface area (Å²) in [6, 6.07) is 5.98. The Bertz CT molecular complexity index is 623. The Morgan fingerprint density at radius 2 is 2.33 bits per heavy atom. The Labute approximate surface area is 109 Å². The third kappa shape index (κ3) is 2.14. The van der Waals surface area contributed by atoms with Crippen molar-refractivity contribution in [3.63, 3.8) is 0 Å². The van der Waals surface area contributed by atoms with Gasteiger partial charge in [0.2, 0.25) is 0 Å². The Morgan fingerprint density at radius 3 is 3.17 bits per heavy atom. The van der Waals surface area contributed by atoms with Crippen LogP contribution in [0.15, 0.2) is 36.8 Å². The quantitative estimate of drug-likeness (QED) is 0.782. The zero-order chi connectivity index (χ0) is 12.4. The van der Waals surface area contributed by atoms with Crippen molar-refractivity contribution in [2.45, 2.75) is 13.5 Å². The fourth-order valence-electron chi connectivity index (χ4n) is 1.79. The predicted molar refractivity (Wildman–Crippen MR) is 73.7 cm³/mol. The average Bonchev–Trinajstić information content (AvgIpc) is 3.02. The van der Waals surface area contributed by atoms with Crippen LogP contribution in [-0.4, -0.2) is 20.9 Å². The van der Waals surface area contributed by atoms with Gasteiger partial charge in [-0.2, -0.15) is 0 Å². The number of thiazole rings is 1. The summed E-state index contributed by atoms with van der Waals surface area (Å²) in [5.41, 5.74) is 1.89. The first-order chi connectivity index (χ1) is 8.86. The van der Waals surface area contributed by atoms with Gasteiger partial charge < -0.3 is 9.72 Å². The molecule has 0 fully saturated rings. The maximum absolute atomic E-state index is 4.57. The van der Waals surface area contributed by atoms with E-state index in [9.17, 15) is 0 Å². The molecule has 3 aromatic rings. The van der Waals surface area contributed by atoms with Crippen LogP contribution in [0.5, 0.6) is 0 Å². The largest absolute Gasteiger partial charge is 0.312 e. The van der Waals surface area contributed by atoms with E-state index in [1.807, 2.05) is 41.2 Å². The van der Waals surface area contributed by atoms with Crippen molar-refractivity contribution in [2.75, 3.05) is 6.54 Å². The Balaban J connectivity index is 1.91. The van der Waals surface area contributed by atoms with E-state index in [1.54, 1.807) is 11.3 Å². The number of nitrogens with one attached hydrogen (secondary N) is 1. The summed E-state index contributed by atoms with van der Waals surface area (Å²) in [6.45, 7) is 3.95. The second-order valence-corrected chi connectivity index (χ2v) is 5.12. The molecule has 0 radical (unpaired) electrons. The van der Waals surface area contributed by atoms with Crippen LogP contribution in [-0.2, 0) is 6.54 Å². The van der Waals surface area contributed by atoms with E-state index in [0.29, 0.717) is 0 Å². The SMILES string of the molecule is CCNCc1cnc(-c2cn3ccccc3n2)s1. The molecule has 18 heavy (non-hydrogen) atoms. The Hall–Kier alpha value is -1.72. The fourth-order valence-corrected chi connectivity index (χ4v) is 2.63. The lowest BCUT2D eigenvalue weighted by molar-refractivity contribution is 0.734. The molecule has 4 nitrogen and oxygen atoms in total. The molecule has 0 bridgehead atoms. The molecule has 0 aliphatic rings. The van der Waals surface area contributed by atoms with Crippen LogP contribution in [0, 0.1) is 0 Å². The molecular formula is C13H14N4S. The summed E-state index contributed by atoms with van der Waals surface area (Å²) < 4.78 is 2.01. The van der Waals surface area contributed by atoms with Gasteiger partial charge >= 0.3 is 0 Å². The third-order valence-electron chi connectivity index (χ3n) is 2.69.